The Morgan fingerprint density at radius 2 is 1.68 bits per heavy atom. The lowest BCUT2D eigenvalue weighted by Gasteiger charge is -2.33. The normalized spacial score (nSPS) is 21.8. The van der Waals surface area contributed by atoms with Crippen LogP contribution < -0.4 is 10.2 Å². The summed E-state index contributed by atoms with van der Waals surface area (Å²) in [6, 6.07) is 10.6. The Kier molecular flexibility index (Phi) is 7.49. The predicted octanol–water partition coefficient (Wildman–Crippen LogP) is 4.66. The molecule has 1 fully saturated rings. The number of anilines is 2. The Bertz CT molecular complexity index is 1160. The molecule has 2 aromatic rings. The molecule has 0 aliphatic carbocycles. The van der Waals surface area contributed by atoms with Crippen LogP contribution in [0.4, 0.5) is 11.4 Å². The zero-order valence-corrected chi connectivity index (χ0v) is 23.9. The summed E-state index contributed by atoms with van der Waals surface area (Å²) in [6.45, 7) is 7.62. The van der Waals surface area contributed by atoms with Crippen molar-refractivity contribution in [3.63, 3.8) is 0 Å². The fourth-order valence-electron chi connectivity index (χ4n) is 4.99. The van der Waals surface area contributed by atoms with Crippen LogP contribution in [0.3, 0.4) is 0 Å². The van der Waals surface area contributed by atoms with Gasteiger partial charge in [0.25, 0.3) is 0 Å². The third-order valence-corrected chi connectivity index (χ3v) is 10.1. The van der Waals surface area contributed by atoms with E-state index < -0.39 is 0 Å². The number of likely N-dealkylation sites (N-methyl/N-ethyl adjacent to an activating group) is 1. The second kappa shape index (κ2) is 10.4. The van der Waals surface area contributed by atoms with Crippen molar-refractivity contribution in [2.45, 2.75) is 0 Å². The quantitative estimate of drug-likeness (QED) is 0.460. The number of piperazine rings is 1. The van der Waals surface area contributed by atoms with Gasteiger partial charge in [0.05, 0.1) is 34.7 Å². The van der Waals surface area contributed by atoms with Crippen molar-refractivity contribution in [1.29, 1.82) is 0 Å². The third kappa shape index (κ3) is 4.63. The Morgan fingerprint density at radius 1 is 0.971 bits per heavy atom. The number of aliphatic hydroxyl groups is 1. The molecule has 0 bridgehead atoms. The van der Waals surface area contributed by atoms with Gasteiger partial charge in [0.15, 0.2) is 0 Å². The fraction of sp³-hybridized carbons (Fsp3) is 0.400. The van der Waals surface area contributed by atoms with Crippen molar-refractivity contribution < 1.29 is 5.11 Å². The Morgan fingerprint density at radius 3 is 2.41 bits per heavy atom. The molecular weight excluding hydrogens is 626 g/mol. The molecule has 0 atom stereocenters. The van der Waals surface area contributed by atoms with Gasteiger partial charge in [-0.15, -0.1) is 0 Å². The largest absolute Gasteiger partial charge is 0.395 e. The Hall–Kier alpha value is -1.23. The van der Waals surface area contributed by atoms with Crippen LogP contribution in [-0.2, 0) is 0 Å². The number of fused-ring (bicyclic) bond motifs is 2. The third-order valence-electron chi connectivity index (χ3n) is 6.79. The summed E-state index contributed by atoms with van der Waals surface area (Å²) in [4.78, 5) is 12.2. The molecule has 0 saturated carbocycles. The van der Waals surface area contributed by atoms with E-state index in [2.05, 4.69) is 105 Å². The number of aliphatic imine (C=N–C) groups is 1. The zero-order chi connectivity index (χ0) is 23.8. The molecule has 2 aromatic carbocycles. The van der Waals surface area contributed by atoms with Gasteiger partial charge in [0.2, 0.25) is 0 Å². The van der Waals surface area contributed by atoms with Crippen LogP contribution in [0.2, 0.25) is 0 Å². The van der Waals surface area contributed by atoms with Gasteiger partial charge in [-0.1, -0.05) is 18.2 Å². The first-order chi connectivity index (χ1) is 16.5. The fourth-order valence-corrected chi connectivity index (χ4v) is 6.72. The maximum absolute atomic E-state index is 9.17. The lowest BCUT2D eigenvalue weighted by atomic mass is 10.0. The standard InChI is InChI=1S/C25H28Br3N5O/c1-31-15-18(17-14-19(26)21(27)22(28)25(17)31)24-23(16-4-2-3-5-20(16)30-24)29-6-7-32-8-10-33(11-9-32)12-13-34/h2-5,14,30,34H,6-13,15H2,1H3/b24-18+,29-23?. The molecule has 0 radical (unpaired) electrons. The van der Waals surface area contributed by atoms with E-state index in [0.29, 0.717) is 0 Å². The molecule has 2 N–H and O–H groups in total. The zero-order valence-electron chi connectivity index (χ0n) is 19.1. The minimum Gasteiger partial charge on any atom is -0.395 e. The molecule has 34 heavy (non-hydrogen) atoms. The van der Waals surface area contributed by atoms with Gasteiger partial charge >= 0.3 is 0 Å². The molecule has 0 amide bonds. The van der Waals surface area contributed by atoms with Gasteiger partial charge in [-0.2, -0.15) is 0 Å². The first kappa shape index (κ1) is 24.5. The van der Waals surface area contributed by atoms with Gasteiger partial charge in [-0.25, -0.2) is 0 Å². The van der Waals surface area contributed by atoms with Crippen molar-refractivity contribution in [1.82, 2.24) is 9.80 Å². The second-order valence-electron chi connectivity index (χ2n) is 8.90. The van der Waals surface area contributed by atoms with Crippen LogP contribution in [0.5, 0.6) is 0 Å². The van der Waals surface area contributed by atoms with Crippen molar-refractivity contribution in [2.75, 3.05) is 76.2 Å². The predicted molar refractivity (Wildman–Crippen MR) is 151 cm³/mol. The highest BCUT2D eigenvalue weighted by Gasteiger charge is 2.33. The number of β-amino-alcohol motifs (C(OH)–C–C–N with tert-alkyl or cyclic N) is 1. The summed E-state index contributed by atoms with van der Waals surface area (Å²) in [5.74, 6) is 0. The van der Waals surface area contributed by atoms with E-state index in [1.807, 2.05) is 0 Å². The highest BCUT2D eigenvalue weighted by atomic mass is 79.9. The molecule has 0 unspecified atom stereocenters. The molecule has 5 rings (SSSR count). The summed E-state index contributed by atoms with van der Waals surface area (Å²) in [5.41, 5.74) is 8.13. The van der Waals surface area contributed by atoms with E-state index in [1.54, 1.807) is 0 Å². The van der Waals surface area contributed by atoms with Crippen LogP contribution in [0.25, 0.3) is 5.57 Å². The number of para-hydroxylation sites is 1. The molecule has 6 nitrogen and oxygen atoms in total. The number of nitrogens with one attached hydrogen (secondary N) is 1. The van der Waals surface area contributed by atoms with Crippen LogP contribution in [-0.4, -0.2) is 86.6 Å². The topological polar surface area (TPSA) is 54.3 Å². The molecule has 3 aliphatic rings. The van der Waals surface area contributed by atoms with E-state index in [-0.39, 0.29) is 6.61 Å². The number of aliphatic hydroxyl groups excluding tert-OH is 1. The van der Waals surface area contributed by atoms with E-state index in [1.165, 1.54) is 22.4 Å². The number of hydrogen-bond acceptors (Lipinski definition) is 6. The van der Waals surface area contributed by atoms with E-state index in [0.717, 1.165) is 82.9 Å². The lowest BCUT2D eigenvalue weighted by Crippen LogP contribution is -2.47. The van der Waals surface area contributed by atoms with Gasteiger partial charge in [-0.05, 0) is 59.9 Å². The van der Waals surface area contributed by atoms with Crippen LogP contribution in [0.15, 0.2) is 54.4 Å². The maximum atomic E-state index is 9.17. The lowest BCUT2D eigenvalue weighted by molar-refractivity contribution is 0.115. The van der Waals surface area contributed by atoms with Crippen molar-refractivity contribution in [2.24, 2.45) is 4.99 Å². The number of hydrogen-bond donors (Lipinski definition) is 2. The van der Waals surface area contributed by atoms with Crippen LogP contribution >= 0.6 is 47.8 Å². The number of rotatable bonds is 5. The van der Waals surface area contributed by atoms with Crippen molar-refractivity contribution >= 4 is 70.4 Å². The van der Waals surface area contributed by atoms with Gasteiger partial charge < -0.3 is 15.3 Å². The van der Waals surface area contributed by atoms with Gasteiger partial charge in [0.1, 0.15) is 0 Å². The second-order valence-corrected chi connectivity index (χ2v) is 11.3. The number of halogens is 3. The summed E-state index contributed by atoms with van der Waals surface area (Å²) >= 11 is 11.2. The summed E-state index contributed by atoms with van der Waals surface area (Å²) < 4.78 is 3.12. The van der Waals surface area contributed by atoms with Gasteiger partial charge in [-0.3, -0.25) is 14.8 Å². The number of benzene rings is 2. The minimum atomic E-state index is 0.236. The molecule has 180 valence electrons. The van der Waals surface area contributed by atoms with E-state index in [4.69, 9.17) is 10.1 Å². The first-order valence-electron chi connectivity index (χ1n) is 11.6. The first-order valence-corrected chi connectivity index (χ1v) is 13.9. The van der Waals surface area contributed by atoms with Gasteiger partial charge in [0, 0.05) is 84.2 Å². The summed E-state index contributed by atoms with van der Waals surface area (Å²) in [6.07, 6.45) is 0. The monoisotopic (exact) mass is 651 g/mol. The average Bonchev–Trinajstić information content (AvgIpc) is 3.36. The molecule has 3 aliphatic heterocycles. The Labute approximate surface area is 226 Å². The summed E-state index contributed by atoms with van der Waals surface area (Å²) in [7, 11) is 2.13. The molecular formula is C25H28Br3N5O. The number of allylic oxidation sites excluding steroid dienone is 1. The van der Waals surface area contributed by atoms with Crippen LogP contribution in [0, 0.1) is 0 Å². The van der Waals surface area contributed by atoms with Crippen LogP contribution in [0.1, 0.15) is 11.1 Å². The van der Waals surface area contributed by atoms with Crippen molar-refractivity contribution in [3.05, 3.63) is 60.6 Å². The molecule has 1 saturated heterocycles. The molecule has 3 heterocycles. The average molecular weight is 654 g/mol. The highest BCUT2D eigenvalue weighted by Crippen LogP contribution is 2.48. The van der Waals surface area contributed by atoms with E-state index in [9.17, 15) is 0 Å². The van der Waals surface area contributed by atoms with E-state index >= 15 is 0 Å². The maximum Gasteiger partial charge on any atom is 0.0906 e. The summed E-state index contributed by atoms with van der Waals surface area (Å²) in [5, 5.41) is 12.9. The minimum absolute atomic E-state index is 0.236. The molecule has 0 aromatic heterocycles. The molecule has 9 heteroatoms. The highest BCUT2D eigenvalue weighted by molar-refractivity contribution is 9.14. The number of nitrogens with zero attached hydrogens (tertiary/aromatic N) is 4. The SMILES string of the molecule is CN1C/C(=C2\Nc3ccccc3C2=NCCN2CCN(CCO)CC2)c2cc(Br)c(Br)c(Br)c21. The smallest absolute Gasteiger partial charge is 0.0906 e. The van der Waals surface area contributed by atoms with Crippen molar-refractivity contribution in [3.8, 4) is 0 Å². The Balaban J connectivity index is 1.44. The molecule has 0 spiro atoms.